The van der Waals surface area contributed by atoms with Crippen LogP contribution in [-0.4, -0.2) is 36.7 Å². The molecule has 11 heteroatoms. The molecule has 1 aliphatic heterocycles. The van der Waals surface area contributed by atoms with Gasteiger partial charge >= 0.3 is 12.1 Å². The topological polar surface area (TPSA) is 86.8 Å². The third-order valence-corrected chi connectivity index (χ3v) is 3.83. The van der Waals surface area contributed by atoms with E-state index in [1.165, 1.54) is 18.2 Å². The number of pyridine rings is 1. The second-order valence-electron chi connectivity index (χ2n) is 5.53. The van der Waals surface area contributed by atoms with Crippen LogP contribution in [0.1, 0.15) is 15.9 Å². The van der Waals surface area contributed by atoms with Crippen LogP contribution in [-0.2, 0) is 15.7 Å². The molecule has 1 aliphatic rings. The molecule has 1 N–H and O–H groups in total. The fraction of sp³-hybridized carbons (Fsp3) is 0.235. The number of alkyl halides is 3. The van der Waals surface area contributed by atoms with Crippen LogP contribution in [0.4, 0.5) is 19.0 Å². The quantitative estimate of drug-likeness (QED) is 0.769. The third kappa shape index (κ3) is 4.63. The zero-order valence-electron chi connectivity index (χ0n) is 14.0. The van der Waals surface area contributed by atoms with E-state index < -0.39 is 35.2 Å². The van der Waals surface area contributed by atoms with Crippen molar-refractivity contribution in [1.82, 2.24) is 4.98 Å². The summed E-state index contributed by atoms with van der Waals surface area (Å²) in [6.07, 6.45) is -4.08. The number of aromatic nitrogens is 1. The number of carbonyl (C=O) groups is 2. The number of hydrogen-bond acceptors (Lipinski definition) is 6. The third-order valence-electron chi connectivity index (χ3n) is 3.54. The van der Waals surface area contributed by atoms with Gasteiger partial charge < -0.3 is 19.5 Å². The van der Waals surface area contributed by atoms with E-state index in [4.69, 9.17) is 25.8 Å². The van der Waals surface area contributed by atoms with Crippen LogP contribution in [0.15, 0.2) is 30.5 Å². The zero-order chi connectivity index (χ0) is 20.3. The highest BCUT2D eigenvalue weighted by molar-refractivity contribution is 6.33. The van der Waals surface area contributed by atoms with Crippen molar-refractivity contribution in [3.8, 4) is 11.5 Å². The Hall–Kier alpha value is -3.01. The molecule has 0 unspecified atom stereocenters. The summed E-state index contributed by atoms with van der Waals surface area (Å²) >= 11 is 5.69. The lowest BCUT2D eigenvalue weighted by Gasteiger charge is -2.18. The first-order chi connectivity index (χ1) is 13.2. The van der Waals surface area contributed by atoms with Gasteiger partial charge in [0.05, 0.1) is 16.1 Å². The van der Waals surface area contributed by atoms with Crippen molar-refractivity contribution in [1.29, 1.82) is 0 Å². The van der Waals surface area contributed by atoms with Gasteiger partial charge in [-0.05, 0) is 24.3 Å². The number of esters is 1. The Labute approximate surface area is 161 Å². The van der Waals surface area contributed by atoms with Crippen LogP contribution in [0, 0.1) is 0 Å². The Bertz CT molecular complexity index is 920. The molecule has 1 aromatic heterocycles. The molecule has 148 valence electrons. The zero-order valence-corrected chi connectivity index (χ0v) is 14.8. The number of benzene rings is 1. The van der Waals surface area contributed by atoms with Gasteiger partial charge in [0.25, 0.3) is 5.91 Å². The number of ether oxygens (including phenoxy) is 3. The molecule has 2 aromatic rings. The predicted molar refractivity (Wildman–Crippen MR) is 90.6 cm³/mol. The van der Waals surface area contributed by atoms with Gasteiger partial charge in [0.15, 0.2) is 23.9 Å². The lowest BCUT2D eigenvalue weighted by atomic mass is 10.2. The molecule has 0 fully saturated rings. The average Bonchev–Trinajstić information content (AvgIpc) is 2.66. The van der Waals surface area contributed by atoms with Gasteiger partial charge in [0, 0.05) is 6.20 Å². The van der Waals surface area contributed by atoms with E-state index in [1.807, 2.05) is 0 Å². The minimum Gasteiger partial charge on any atom is -0.486 e. The molecule has 0 saturated heterocycles. The van der Waals surface area contributed by atoms with Gasteiger partial charge in [-0.3, -0.25) is 4.79 Å². The summed E-state index contributed by atoms with van der Waals surface area (Å²) in [5, 5.41) is 1.77. The van der Waals surface area contributed by atoms with Crippen molar-refractivity contribution in [3.63, 3.8) is 0 Å². The molecule has 1 aromatic carbocycles. The van der Waals surface area contributed by atoms with Gasteiger partial charge in [0.1, 0.15) is 13.2 Å². The lowest BCUT2D eigenvalue weighted by Crippen LogP contribution is -2.22. The highest BCUT2D eigenvalue weighted by Crippen LogP contribution is 2.32. The summed E-state index contributed by atoms with van der Waals surface area (Å²) in [7, 11) is 0. The average molecular weight is 417 g/mol. The van der Waals surface area contributed by atoms with E-state index in [0.29, 0.717) is 37.0 Å². The smallest absolute Gasteiger partial charge is 0.417 e. The number of amides is 1. The maximum atomic E-state index is 12.6. The number of fused-ring (bicyclic) bond motifs is 1. The lowest BCUT2D eigenvalue weighted by molar-refractivity contribution is -0.137. The molecule has 0 spiro atoms. The van der Waals surface area contributed by atoms with Crippen LogP contribution in [0.2, 0.25) is 5.02 Å². The number of halogens is 4. The maximum absolute atomic E-state index is 12.6. The summed E-state index contributed by atoms with van der Waals surface area (Å²) < 4.78 is 53.3. The van der Waals surface area contributed by atoms with Crippen molar-refractivity contribution < 1.29 is 37.0 Å². The number of rotatable bonds is 4. The second-order valence-corrected chi connectivity index (χ2v) is 5.94. The molecule has 0 bridgehead atoms. The van der Waals surface area contributed by atoms with Crippen molar-refractivity contribution in [2.45, 2.75) is 6.18 Å². The number of carbonyl (C=O) groups excluding carboxylic acids is 2. The molecule has 0 saturated carbocycles. The van der Waals surface area contributed by atoms with E-state index >= 15 is 0 Å². The van der Waals surface area contributed by atoms with Gasteiger partial charge in [-0.1, -0.05) is 11.6 Å². The number of nitrogens with one attached hydrogen (secondary N) is 1. The Morgan fingerprint density at radius 3 is 2.57 bits per heavy atom. The Morgan fingerprint density at radius 1 is 1.18 bits per heavy atom. The van der Waals surface area contributed by atoms with Crippen LogP contribution < -0.4 is 14.8 Å². The predicted octanol–water partition coefficient (Wildman–Crippen LogP) is 3.32. The van der Waals surface area contributed by atoms with Crippen molar-refractivity contribution in [3.05, 3.63) is 46.6 Å². The molecule has 0 radical (unpaired) electrons. The van der Waals surface area contributed by atoms with Crippen LogP contribution in [0.5, 0.6) is 11.5 Å². The Kier molecular flexibility index (Phi) is 5.59. The van der Waals surface area contributed by atoms with Crippen molar-refractivity contribution in [2.24, 2.45) is 0 Å². The maximum Gasteiger partial charge on any atom is 0.417 e. The molecule has 0 atom stereocenters. The molecule has 3 rings (SSSR count). The summed E-state index contributed by atoms with van der Waals surface area (Å²) in [6.45, 7) is 0.0542. The highest BCUT2D eigenvalue weighted by atomic mass is 35.5. The first-order valence-electron chi connectivity index (χ1n) is 7.83. The fourth-order valence-electron chi connectivity index (χ4n) is 2.24. The minimum absolute atomic E-state index is 0.141. The summed E-state index contributed by atoms with van der Waals surface area (Å²) in [6, 6.07) is 5.04. The van der Waals surface area contributed by atoms with E-state index in [1.54, 1.807) is 0 Å². The molecule has 0 aliphatic carbocycles. The number of anilines is 1. The standard InChI is InChI=1S/C17H12ClF3N2O5/c18-11-6-10(17(19,20)21)7-22-15(11)23-14(24)8-28-16(25)9-1-2-12-13(5-9)27-4-3-26-12/h1-2,5-7H,3-4,8H2,(H,22,23,24). The minimum atomic E-state index is -4.61. The summed E-state index contributed by atoms with van der Waals surface area (Å²) in [4.78, 5) is 27.4. The van der Waals surface area contributed by atoms with Crippen LogP contribution >= 0.6 is 11.6 Å². The van der Waals surface area contributed by atoms with E-state index in [0.717, 1.165) is 0 Å². The van der Waals surface area contributed by atoms with Gasteiger partial charge in [-0.25, -0.2) is 9.78 Å². The van der Waals surface area contributed by atoms with Crippen LogP contribution in [0.25, 0.3) is 0 Å². The summed E-state index contributed by atoms with van der Waals surface area (Å²) in [5.74, 6) is -1.02. The van der Waals surface area contributed by atoms with E-state index in [2.05, 4.69) is 10.3 Å². The first kappa shape index (κ1) is 19.7. The molecule has 28 heavy (non-hydrogen) atoms. The number of hydrogen-bond donors (Lipinski definition) is 1. The molecule has 2 heterocycles. The fourth-order valence-corrected chi connectivity index (χ4v) is 2.45. The largest absolute Gasteiger partial charge is 0.486 e. The SMILES string of the molecule is O=C(COC(=O)c1ccc2c(c1)OCCO2)Nc1ncc(C(F)(F)F)cc1Cl. The van der Waals surface area contributed by atoms with Crippen molar-refractivity contribution in [2.75, 3.05) is 25.1 Å². The van der Waals surface area contributed by atoms with Gasteiger partial charge in [0.2, 0.25) is 0 Å². The normalized spacial score (nSPS) is 13.0. The van der Waals surface area contributed by atoms with Crippen LogP contribution in [0.3, 0.4) is 0 Å². The monoisotopic (exact) mass is 416 g/mol. The second kappa shape index (κ2) is 7.93. The molecular formula is C17H12ClF3N2O5. The molecule has 7 nitrogen and oxygen atoms in total. The van der Waals surface area contributed by atoms with Crippen molar-refractivity contribution >= 4 is 29.3 Å². The molecular weight excluding hydrogens is 405 g/mol. The number of nitrogens with zero attached hydrogens (tertiary/aromatic N) is 1. The Balaban J connectivity index is 1.58. The highest BCUT2D eigenvalue weighted by Gasteiger charge is 2.31. The molecule has 1 amide bonds. The van der Waals surface area contributed by atoms with E-state index in [9.17, 15) is 22.8 Å². The Morgan fingerprint density at radius 2 is 1.89 bits per heavy atom. The summed E-state index contributed by atoms with van der Waals surface area (Å²) in [5.41, 5.74) is -0.914. The van der Waals surface area contributed by atoms with Gasteiger partial charge in [-0.15, -0.1) is 0 Å². The van der Waals surface area contributed by atoms with E-state index in [-0.39, 0.29) is 11.4 Å². The first-order valence-corrected chi connectivity index (χ1v) is 8.21. The van der Waals surface area contributed by atoms with Gasteiger partial charge in [-0.2, -0.15) is 13.2 Å².